The van der Waals surface area contributed by atoms with E-state index in [0.29, 0.717) is 22.7 Å². The van der Waals surface area contributed by atoms with Crippen LogP contribution >= 0.6 is 7.28 Å². The summed E-state index contributed by atoms with van der Waals surface area (Å²) in [6.07, 6.45) is -0.825. The van der Waals surface area contributed by atoms with Crippen LogP contribution < -0.4 is 10.1 Å². The first-order valence-corrected chi connectivity index (χ1v) is 21.0. The van der Waals surface area contributed by atoms with Gasteiger partial charge in [0.15, 0.2) is 0 Å². The van der Waals surface area contributed by atoms with Crippen molar-refractivity contribution in [2.75, 3.05) is 25.7 Å². The summed E-state index contributed by atoms with van der Waals surface area (Å²) in [6.45, 7) is 7.79. The van der Waals surface area contributed by atoms with Crippen molar-refractivity contribution in [3.05, 3.63) is 156 Å². The van der Waals surface area contributed by atoms with Crippen LogP contribution in [0.4, 0.5) is 11.4 Å². The molecule has 0 spiro atoms. The second kappa shape index (κ2) is 15.9. The number of benzene rings is 5. The first-order chi connectivity index (χ1) is 26.3. The van der Waals surface area contributed by atoms with Crippen LogP contribution in [0.25, 0.3) is 0 Å². The molecule has 0 aromatic heterocycles. The number of anilines is 2. The fourth-order valence-electron chi connectivity index (χ4n) is 8.82. The number of fused-ring (bicyclic) bond motifs is 2. The molecule has 6 rings (SSSR count). The Bertz CT molecular complexity index is 1990. The number of nitriles is 1. The van der Waals surface area contributed by atoms with E-state index in [1.807, 2.05) is 166 Å². The topological polar surface area (TPSA) is 127 Å². The zero-order valence-corrected chi connectivity index (χ0v) is 33.2. The van der Waals surface area contributed by atoms with Crippen LogP contribution in [0, 0.1) is 11.3 Å². The molecule has 288 valence electrons. The summed E-state index contributed by atoms with van der Waals surface area (Å²) in [5.41, 5.74) is 1.08. The number of methoxy groups -OCH3 is 2. The number of nitrogens with zero attached hydrogens (tertiary/aromatic N) is 2. The van der Waals surface area contributed by atoms with E-state index >= 15 is 0 Å². The van der Waals surface area contributed by atoms with Gasteiger partial charge in [0, 0.05) is 0 Å². The Hall–Kier alpha value is -4.62. The Kier molecular flexibility index (Phi) is 11.5. The Morgan fingerprint density at radius 2 is 1.16 bits per heavy atom. The molecule has 2 unspecified atom stereocenters. The number of nitrogens with one attached hydrogen (secondary N) is 1. The van der Waals surface area contributed by atoms with E-state index in [0.717, 1.165) is 22.4 Å². The summed E-state index contributed by atoms with van der Waals surface area (Å²) in [5.74, 6) is -0.872. The van der Waals surface area contributed by atoms with Crippen LogP contribution in [0.3, 0.4) is 0 Å². The molecule has 9 nitrogen and oxygen atoms in total. The number of para-hydroxylation sites is 3. The van der Waals surface area contributed by atoms with Gasteiger partial charge in [0.25, 0.3) is 0 Å². The number of hydrogen-bond donors (Lipinski definition) is 4. The van der Waals surface area contributed by atoms with Gasteiger partial charge in [0.2, 0.25) is 0 Å². The molecule has 1 aliphatic rings. The van der Waals surface area contributed by atoms with Crippen LogP contribution in [0.15, 0.2) is 133 Å². The minimum atomic E-state index is -6.17. The molecule has 4 N–H and O–H groups in total. The van der Waals surface area contributed by atoms with Gasteiger partial charge in [-0.25, -0.2) is 0 Å². The van der Waals surface area contributed by atoms with E-state index < -0.39 is 36.3 Å². The van der Waals surface area contributed by atoms with Crippen LogP contribution in [-0.2, 0) is 21.3 Å². The number of hydrogen-bond acceptors (Lipinski definition) is 9. The van der Waals surface area contributed by atoms with Crippen molar-refractivity contribution in [1.29, 1.82) is 5.26 Å². The molecule has 2 atom stereocenters. The monoisotopic (exact) mass is 761 g/mol. The van der Waals surface area contributed by atoms with Gasteiger partial charge in [-0.15, -0.1) is 0 Å². The summed E-state index contributed by atoms with van der Waals surface area (Å²) in [6, 6.07) is 43.0. The Balaban J connectivity index is 1.70. The third-order valence-corrected chi connectivity index (χ3v) is 13.8. The van der Waals surface area contributed by atoms with Gasteiger partial charge >= 0.3 is 326 Å². The maximum atomic E-state index is 13.1. The molecule has 5 aromatic rings. The average Bonchev–Trinajstić information content (AvgIpc) is 3.18. The van der Waals surface area contributed by atoms with Crippen molar-refractivity contribution in [3.8, 4) is 17.6 Å². The number of rotatable bonds is 15. The van der Waals surface area contributed by atoms with E-state index in [2.05, 4.69) is 11.4 Å². The normalized spacial score (nSPS) is 14.9. The molecular formula is C45H52N3O6P. The molecule has 0 saturated carbocycles. The molecule has 0 saturated heterocycles. The predicted octanol–water partition coefficient (Wildman–Crippen LogP) is 8.76. The summed E-state index contributed by atoms with van der Waals surface area (Å²) < 4.78 is 19.8. The summed E-state index contributed by atoms with van der Waals surface area (Å²) in [4.78, 5) is 41.3. The second-order valence-electron chi connectivity index (χ2n) is 14.8. The van der Waals surface area contributed by atoms with Gasteiger partial charge in [-0.1, -0.05) is 0 Å². The van der Waals surface area contributed by atoms with Crippen LogP contribution in [0.1, 0.15) is 49.9 Å². The van der Waals surface area contributed by atoms with Gasteiger partial charge in [-0.3, -0.25) is 0 Å². The molecule has 1 heterocycles. The molecule has 1 aliphatic heterocycles. The van der Waals surface area contributed by atoms with Crippen LogP contribution in [0.2, 0.25) is 0 Å². The molecule has 10 heteroatoms. The minimum absolute atomic E-state index is 0.149. The molecular weight excluding hydrogens is 709 g/mol. The standard InChI is InChI=1S/C45H52N3O6P/c1-32(2)48(33(3)4)38(30-46)31-55(49,50,51)42(29-34-19-18-28-41-43(34)47-39-26-16-17-27-40(39)54-41)45(52-5,53-6)44(35-20-10-7-11-21-35,36-22-12-8-13-23-36)37-24-14-9-15-25-37/h7-28,32-33,38,42,47,49-51H,29,31H2,1-6H3. The van der Waals surface area contributed by atoms with Crippen LogP contribution in [-0.4, -0.2) is 69.5 Å². The average molecular weight is 762 g/mol. The third kappa shape index (κ3) is 7.28. The van der Waals surface area contributed by atoms with E-state index in [9.17, 15) is 19.9 Å². The van der Waals surface area contributed by atoms with Crippen molar-refractivity contribution in [3.63, 3.8) is 0 Å². The van der Waals surface area contributed by atoms with E-state index in [4.69, 9.17) is 14.2 Å². The summed E-state index contributed by atoms with van der Waals surface area (Å²) >= 11 is 0. The molecule has 0 bridgehead atoms. The van der Waals surface area contributed by atoms with E-state index in [1.165, 1.54) is 14.2 Å². The molecule has 0 amide bonds. The van der Waals surface area contributed by atoms with E-state index in [1.54, 1.807) is 0 Å². The predicted molar refractivity (Wildman–Crippen MR) is 220 cm³/mol. The zero-order chi connectivity index (χ0) is 39.5. The van der Waals surface area contributed by atoms with Gasteiger partial charge in [-0.2, -0.15) is 0 Å². The summed E-state index contributed by atoms with van der Waals surface area (Å²) in [5, 5.41) is 14.2. The first-order valence-electron chi connectivity index (χ1n) is 18.7. The van der Waals surface area contributed by atoms with Crippen molar-refractivity contribution >= 4 is 18.7 Å². The van der Waals surface area contributed by atoms with Crippen molar-refractivity contribution in [1.82, 2.24) is 4.90 Å². The van der Waals surface area contributed by atoms with Crippen molar-refractivity contribution in [2.45, 2.75) is 69.1 Å². The van der Waals surface area contributed by atoms with Crippen LogP contribution in [0.5, 0.6) is 11.5 Å². The Morgan fingerprint density at radius 1 is 0.691 bits per heavy atom. The third-order valence-electron chi connectivity index (χ3n) is 10.9. The quantitative estimate of drug-likeness (QED) is 0.0462. The molecule has 5 aromatic carbocycles. The molecule has 0 radical (unpaired) electrons. The molecule has 55 heavy (non-hydrogen) atoms. The maximum absolute atomic E-state index is 13.1. The summed E-state index contributed by atoms with van der Waals surface area (Å²) in [7, 11) is -3.22. The molecule has 0 aliphatic carbocycles. The van der Waals surface area contributed by atoms with Gasteiger partial charge in [-0.05, 0) is 0 Å². The Labute approximate surface area is 324 Å². The van der Waals surface area contributed by atoms with Gasteiger partial charge in [0.1, 0.15) is 0 Å². The van der Waals surface area contributed by atoms with Gasteiger partial charge < -0.3 is 0 Å². The van der Waals surface area contributed by atoms with Crippen molar-refractivity contribution < 1.29 is 28.9 Å². The fraction of sp³-hybridized carbons (Fsp3) is 0.311. The number of ether oxygens (including phenoxy) is 3. The van der Waals surface area contributed by atoms with Crippen molar-refractivity contribution in [2.24, 2.45) is 0 Å². The van der Waals surface area contributed by atoms with E-state index in [-0.39, 0.29) is 18.5 Å². The molecule has 0 fully saturated rings. The van der Waals surface area contributed by atoms with Gasteiger partial charge in [0.05, 0.1) is 0 Å². The Morgan fingerprint density at radius 3 is 1.64 bits per heavy atom. The second-order valence-corrected chi connectivity index (χ2v) is 18.3. The fourth-order valence-corrected chi connectivity index (χ4v) is 11.7. The first kappa shape index (κ1) is 40.1. The zero-order valence-electron chi connectivity index (χ0n) is 32.3. The SMILES string of the molecule is COC(OC)(C(Cc1cccc2c1Nc1ccccc1O2)P(O)(O)(O)CC(C#N)N(C(C)C)C(C)C)C(c1ccccc1)(c1ccccc1)c1ccccc1.